The number of aromatic amines is 1. The van der Waals surface area contributed by atoms with Crippen LogP contribution in [-0.4, -0.2) is 31.7 Å². The fraction of sp³-hybridized carbons (Fsp3) is 0.667. The second-order valence-corrected chi connectivity index (χ2v) is 3.12. The number of carboxylic acid groups (broad SMARTS) is 1. The van der Waals surface area contributed by atoms with Crippen molar-refractivity contribution in [3.8, 4) is 0 Å². The quantitative estimate of drug-likeness (QED) is 0.587. The summed E-state index contributed by atoms with van der Waals surface area (Å²) < 4.78 is 0. The summed E-state index contributed by atoms with van der Waals surface area (Å²) in [5.41, 5.74) is -0.583. The first-order valence-electron chi connectivity index (χ1n) is 3.34. The molecule has 0 aliphatic rings. The van der Waals surface area contributed by atoms with Crippen molar-refractivity contribution in [3.63, 3.8) is 0 Å². The van der Waals surface area contributed by atoms with Crippen LogP contribution in [0, 0.1) is 5.41 Å². The number of carboxylic acids is 1. The van der Waals surface area contributed by atoms with Crippen molar-refractivity contribution in [3.05, 3.63) is 6.33 Å². The Bertz CT molecular complexity index is 197. The summed E-state index contributed by atoms with van der Waals surface area (Å²) in [6.07, 6.45) is 1.33. The van der Waals surface area contributed by atoms with E-state index in [1.165, 1.54) is 6.33 Å². The molecule has 0 saturated heterocycles. The highest BCUT2D eigenvalue weighted by atomic mass is 16.4. The second kappa shape index (κ2) is 4.42. The highest BCUT2D eigenvalue weighted by molar-refractivity contribution is 5.72. The molecule has 0 aromatic carbocycles. The maximum atomic E-state index is 10.0. The largest absolute Gasteiger partial charge is 0.481 e. The van der Waals surface area contributed by atoms with Gasteiger partial charge in [0.2, 0.25) is 0 Å². The number of aliphatic carboxylic acids is 1. The van der Waals surface area contributed by atoms with Gasteiger partial charge in [-0.25, -0.2) is 0 Å². The van der Waals surface area contributed by atoms with Gasteiger partial charge >= 0.3 is 5.97 Å². The predicted octanol–water partition coefficient (Wildman–Crippen LogP) is 0.317. The van der Waals surface area contributed by atoms with E-state index < -0.39 is 11.4 Å². The van der Waals surface area contributed by atoms with Crippen molar-refractivity contribution in [1.82, 2.24) is 20.6 Å². The molecular weight excluding hydrogens is 160 g/mol. The normalized spacial score (nSPS) is 9.92. The number of H-pyrrole nitrogens is 1. The number of tetrazole rings is 1. The van der Waals surface area contributed by atoms with E-state index in [2.05, 4.69) is 20.6 Å². The van der Waals surface area contributed by atoms with Crippen LogP contribution in [0.4, 0.5) is 0 Å². The minimum Gasteiger partial charge on any atom is -0.481 e. The minimum atomic E-state index is -0.757. The van der Waals surface area contributed by atoms with Gasteiger partial charge in [0.25, 0.3) is 0 Å². The van der Waals surface area contributed by atoms with Crippen LogP contribution in [0.2, 0.25) is 0 Å². The summed E-state index contributed by atoms with van der Waals surface area (Å²) in [5.74, 6) is -0.757. The first-order valence-corrected chi connectivity index (χ1v) is 3.34. The molecule has 1 rings (SSSR count). The van der Waals surface area contributed by atoms with E-state index in [0.717, 1.165) is 0 Å². The van der Waals surface area contributed by atoms with Crippen LogP contribution in [0.15, 0.2) is 6.33 Å². The van der Waals surface area contributed by atoms with Gasteiger partial charge in [-0.1, -0.05) is 5.21 Å². The number of aromatic nitrogens is 4. The summed E-state index contributed by atoms with van der Waals surface area (Å²) in [7, 11) is 0. The summed E-state index contributed by atoms with van der Waals surface area (Å²) in [6, 6.07) is 0. The molecule has 68 valence electrons. The molecule has 0 unspecified atom stereocenters. The lowest BCUT2D eigenvalue weighted by Crippen LogP contribution is -2.18. The molecule has 0 aliphatic carbocycles. The third kappa shape index (κ3) is 5.33. The van der Waals surface area contributed by atoms with E-state index in [9.17, 15) is 4.79 Å². The third-order valence-electron chi connectivity index (χ3n) is 0.911. The molecular formula is C6H12N4O2. The summed E-state index contributed by atoms with van der Waals surface area (Å²) >= 11 is 0. The molecule has 0 spiro atoms. The molecule has 0 aliphatic heterocycles. The van der Waals surface area contributed by atoms with Gasteiger partial charge in [0.05, 0.1) is 5.41 Å². The van der Waals surface area contributed by atoms with Crippen LogP contribution in [-0.2, 0) is 4.79 Å². The Kier molecular flexibility index (Phi) is 3.89. The molecule has 6 heteroatoms. The number of hydrogen-bond acceptors (Lipinski definition) is 4. The number of rotatable bonds is 0. The van der Waals surface area contributed by atoms with Crippen LogP contribution in [0.1, 0.15) is 20.8 Å². The zero-order chi connectivity index (χ0) is 9.61. The molecule has 0 amide bonds. The molecule has 0 bridgehead atoms. The van der Waals surface area contributed by atoms with E-state index in [1.807, 2.05) is 0 Å². The van der Waals surface area contributed by atoms with Crippen molar-refractivity contribution in [2.45, 2.75) is 20.8 Å². The lowest BCUT2D eigenvalue weighted by Gasteiger charge is -2.08. The second-order valence-electron chi connectivity index (χ2n) is 3.12. The van der Waals surface area contributed by atoms with E-state index in [1.54, 1.807) is 20.8 Å². The number of nitrogens with one attached hydrogen (secondary N) is 1. The maximum absolute atomic E-state index is 10.0. The van der Waals surface area contributed by atoms with Crippen molar-refractivity contribution < 1.29 is 9.90 Å². The van der Waals surface area contributed by atoms with Gasteiger partial charge in [0.15, 0.2) is 6.33 Å². The molecule has 1 heterocycles. The molecule has 0 fully saturated rings. The van der Waals surface area contributed by atoms with Gasteiger partial charge < -0.3 is 5.11 Å². The summed E-state index contributed by atoms with van der Waals surface area (Å²) in [6.45, 7) is 4.99. The smallest absolute Gasteiger partial charge is 0.308 e. The number of carbonyl (C=O) groups is 1. The van der Waals surface area contributed by atoms with Gasteiger partial charge in [-0.2, -0.15) is 5.21 Å². The van der Waals surface area contributed by atoms with E-state index >= 15 is 0 Å². The van der Waals surface area contributed by atoms with Crippen molar-refractivity contribution >= 4 is 5.97 Å². The van der Waals surface area contributed by atoms with Gasteiger partial charge in [0, 0.05) is 0 Å². The topological polar surface area (TPSA) is 91.8 Å². The Balaban J connectivity index is 0.000000211. The molecule has 0 saturated carbocycles. The zero-order valence-corrected chi connectivity index (χ0v) is 7.27. The Morgan fingerprint density at radius 1 is 1.50 bits per heavy atom. The minimum absolute atomic E-state index is 0.583. The SMILES string of the molecule is CC(C)(C)C(=O)O.c1nn[nH]n1. The van der Waals surface area contributed by atoms with Gasteiger partial charge in [0.1, 0.15) is 0 Å². The maximum Gasteiger partial charge on any atom is 0.308 e. The number of hydrogen-bond donors (Lipinski definition) is 2. The van der Waals surface area contributed by atoms with Gasteiger partial charge in [-0.15, -0.1) is 10.2 Å². The van der Waals surface area contributed by atoms with Crippen LogP contribution in [0.5, 0.6) is 0 Å². The molecule has 1 aromatic heterocycles. The first kappa shape index (κ1) is 10.5. The molecule has 12 heavy (non-hydrogen) atoms. The molecule has 1 aromatic rings. The number of nitrogens with zero attached hydrogens (tertiary/aromatic N) is 3. The van der Waals surface area contributed by atoms with E-state index in [-0.39, 0.29) is 0 Å². The zero-order valence-electron chi connectivity index (χ0n) is 7.27. The summed E-state index contributed by atoms with van der Waals surface area (Å²) in [5, 5.41) is 20.4. The Morgan fingerprint density at radius 2 is 2.00 bits per heavy atom. The highest BCUT2D eigenvalue weighted by Crippen LogP contribution is 2.11. The van der Waals surface area contributed by atoms with Gasteiger partial charge in [-0.05, 0) is 20.8 Å². The average molecular weight is 172 g/mol. The van der Waals surface area contributed by atoms with Crippen LogP contribution < -0.4 is 0 Å². The summed E-state index contributed by atoms with van der Waals surface area (Å²) in [4.78, 5) is 10.0. The molecule has 0 radical (unpaired) electrons. The fourth-order valence-corrected chi connectivity index (χ4v) is 0.129. The van der Waals surface area contributed by atoms with Crippen LogP contribution in [0.3, 0.4) is 0 Å². The van der Waals surface area contributed by atoms with E-state index in [0.29, 0.717) is 0 Å². The Morgan fingerprint density at radius 3 is 2.08 bits per heavy atom. The predicted molar refractivity (Wildman–Crippen MR) is 41.3 cm³/mol. The Hall–Kier alpha value is -1.46. The first-order chi connectivity index (χ1) is 5.44. The van der Waals surface area contributed by atoms with Crippen molar-refractivity contribution in [2.75, 3.05) is 0 Å². The van der Waals surface area contributed by atoms with Crippen molar-refractivity contribution in [2.24, 2.45) is 5.41 Å². The lowest BCUT2D eigenvalue weighted by atomic mass is 9.98. The highest BCUT2D eigenvalue weighted by Gasteiger charge is 2.18. The van der Waals surface area contributed by atoms with Crippen LogP contribution >= 0.6 is 0 Å². The van der Waals surface area contributed by atoms with Crippen molar-refractivity contribution in [1.29, 1.82) is 0 Å². The monoisotopic (exact) mass is 172 g/mol. The van der Waals surface area contributed by atoms with E-state index in [4.69, 9.17) is 5.11 Å². The van der Waals surface area contributed by atoms with Gasteiger partial charge in [-0.3, -0.25) is 4.79 Å². The molecule has 6 nitrogen and oxygen atoms in total. The fourth-order valence-electron chi connectivity index (χ4n) is 0.129. The standard InChI is InChI=1S/C5H10O2.CH2N4/c1-5(2,3)4(6)7;1-2-4-5-3-1/h1-3H3,(H,6,7);1H,(H,2,3,4,5). The average Bonchev–Trinajstić information content (AvgIpc) is 2.39. The third-order valence-corrected chi connectivity index (χ3v) is 0.911. The van der Waals surface area contributed by atoms with Crippen LogP contribution in [0.25, 0.3) is 0 Å². The Labute approximate surface area is 70.0 Å². The lowest BCUT2D eigenvalue weighted by molar-refractivity contribution is -0.145. The molecule has 0 atom stereocenters. The molecule has 2 N–H and O–H groups in total.